The van der Waals surface area contributed by atoms with E-state index in [9.17, 15) is 0 Å². The first-order chi connectivity index (χ1) is 9.56. The van der Waals surface area contributed by atoms with Crippen molar-refractivity contribution in [3.63, 3.8) is 0 Å². The number of likely N-dealkylation sites (tertiary alicyclic amines) is 1. The highest BCUT2D eigenvalue weighted by molar-refractivity contribution is 5.35. The molecule has 1 heterocycles. The average Bonchev–Trinajstić information content (AvgIpc) is 2.89. The Morgan fingerprint density at radius 2 is 1.95 bits per heavy atom. The van der Waals surface area contributed by atoms with Gasteiger partial charge < -0.3 is 5.73 Å². The summed E-state index contributed by atoms with van der Waals surface area (Å²) in [5, 5.41) is 0. The third kappa shape index (κ3) is 2.77. The van der Waals surface area contributed by atoms with Crippen LogP contribution >= 0.6 is 0 Å². The molecule has 1 saturated heterocycles. The van der Waals surface area contributed by atoms with Crippen LogP contribution in [0.25, 0.3) is 0 Å². The van der Waals surface area contributed by atoms with Gasteiger partial charge in [-0.25, -0.2) is 0 Å². The first-order valence-corrected chi connectivity index (χ1v) is 8.07. The molecule has 2 heteroatoms. The van der Waals surface area contributed by atoms with E-state index in [0.717, 1.165) is 0 Å². The van der Waals surface area contributed by atoms with Crippen LogP contribution in [-0.2, 0) is 0 Å². The quantitative estimate of drug-likeness (QED) is 0.884. The van der Waals surface area contributed by atoms with Gasteiger partial charge in [-0.3, -0.25) is 4.90 Å². The minimum atomic E-state index is 0.384. The first kappa shape index (κ1) is 15.5. The van der Waals surface area contributed by atoms with Gasteiger partial charge in [-0.2, -0.15) is 0 Å². The third-order valence-corrected chi connectivity index (χ3v) is 5.64. The van der Waals surface area contributed by atoms with Crippen molar-refractivity contribution in [3.8, 4) is 0 Å². The Morgan fingerprint density at radius 1 is 1.25 bits per heavy atom. The summed E-state index contributed by atoms with van der Waals surface area (Å²) >= 11 is 0. The zero-order chi connectivity index (χ0) is 14.8. The number of hydrogen-bond acceptors (Lipinski definition) is 2. The van der Waals surface area contributed by atoms with E-state index in [4.69, 9.17) is 5.73 Å². The van der Waals surface area contributed by atoms with Crippen LogP contribution in [0, 0.1) is 19.3 Å². The van der Waals surface area contributed by atoms with Gasteiger partial charge in [0.15, 0.2) is 0 Å². The summed E-state index contributed by atoms with van der Waals surface area (Å²) < 4.78 is 0. The van der Waals surface area contributed by atoms with Crippen LogP contribution in [0.1, 0.15) is 55.8 Å². The molecule has 0 bridgehead atoms. The number of nitrogens with two attached hydrogens (primary N) is 1. The van der Waals surface area contributed by atoms with Crippen LogP contribution < -0.4 is 5.73 Å². The lowest BCUT2D eigenvalue weighted by Crippen LogP contribution is -2.34. The van der Waals surface area contributed by atoms with Crippen molar-refractivity contribution in [1.82, 2.24) is 4.90 Å². The van der Waals surface area contributed by atoms with E-state index in [2.05, 4.69) is 50.8 Å². The molecule has 0 radical (unpaired) electrons. The van der Waals surface area contributed by atoms with E-state index in [1.807, 2.05) is 0 Å². The molecule has 1 unspecified atom stereocenters. The van der Waals surface area contributed by atoms with Crippen molar-refractivity contribution < 1.29 is 0 Å². The lowest BCUT2D eigenvalue weighted by Gasteiger charge is -2.32. The van der Waals surface area contributed by atoms with Crippen LogP contribution in [0.5, 0.6) is 0 Å². The molecule has 2 rings (SSSR count). The molecule has 1 aliphatic rings. The van der Waals surface area contributed by atoms with Gasteiger partial charge >= 0.3 is 0 Å². The zero-order valence-corrected chi connectivity index (χ0v) is 13.6. The molecule has 1 aliphatic heterocycles. The van der Waals surface area contributed by atoms with Gasteiger partial charge in [0.1, 0.15) is 0 Å². The average molecular weight is 274 g/mol. The predicted molar refractivity (Wildman–Crippen MR) is 86.9 cm³/mol. The summed E-state index contributed by atoms with van der Waals surface area (Å²) in [5.74, 6) is 0. The highest BCUT2D eigenvalue weighted by Gasteiger charge is 2.38. The first-order valence-electron chi connectivity index (χ1n) is 8.07. The molecule has 2 N–H and O–H groups in total. The Balaban J connectivity index is 2.24. The van der Waals surface area contributed by atoms with Crippen molar-refractivity contribution in [2.45, 2.75) is 53.0 Å². The lowest BCUT2D eigenvalue weighted by molar-refractivity contribution is 0.197. The van der Waals surface area contributed by atoms with Crippen LogP contribution in [-0.4, -0.2) is 24.5 Å². The van der Waals surface area contributed by atoms with Gasteiger partial charge in [0.25, 0.3) is 0 Å². The van der Waals surface area contributed by atoms with E-state index >= 15 is 0 Å². The predicted octanol–water partition coefficient (Wildman–Crippen LogP) is 3.82. The molecule has 2 nitrogen and oxygen atoms in total. The SMILES string of the molecule is CCC1(CC)CCN(C(CN)c2cccc(C)c2C)C1. The maximum absolute atomic E-state index is 6.13. The molecule has 0 spiro atoms. The number of nitrogens with zero attached hydrogens (tertiary/aromatic N) is 1. The minimum absolute atomic E-state index is 0.384. The number of rotatable bonds is 5. The normalized spacial score (nSPS) is 20.2. The molecule has 0 saturated carbocycles. The molecule has 1 aromatic carbocycles. The van der Waals surface area contributed by atoms with Crippen molar-refractivity contribution >= 4 is 0 Å². The summed E-state index contributed by atoms with van der Waals surface area (Å²) in [6, 6.07) is 7.01. The maximum atomic E-state index is 6.13. The molecule has 20 heavy (non-hydrogen) atoms. The van der Waals surface area contributed by atoms with Gasteiger partial charge in [-0.15, -0.1) is 0 Å². The smallest absolute Gasteiger partial charge is 0.0473 e. The van der Waals surface area contributed by atoms with E-state index in [-0.39, 0.29) is 0 Å². The molecule has 0 aliphatic carbocycles. The van der Waals surface area contributed by atoms with E-state index < -0.39 is 0 Å². The molecular formula is C18H30N2. The standard InChI is InChI=1S/C18H30N2/c1-5-18(6-2)10-11-20(13-18)17(12-19)16-9-7-8-14(3)15(16)4/h7-9,17H,5-6,10-13,19H2,1-4H3. The fourth-order valence-corrected chi connectivity index (χ4v) is 3.67. The Hall–Kier alpha value is -0.860. The number of benzene rings is 1. The van der Waals surface area contributed by atoms with Crippen LogP contribution in [0.3, 0.4) is 0 Å². The summed E-state index contributed by atoms with van der Waals surface area (Å²) in [6.45, 7) is 12.2. The fraction of sp³-hybridized carbons (Fsp3) is 0.667. The molecule has 1 fully saturated rings. The second-order valence-corrected chi connectivity index (χ2v) is 6.47. The topological polar surface area (TPSA) is 29.3 Å². The van der Waals surface area contributed by atoms with E-state index in [1.165, 1.54) is 49.0 Å². The van der Waals surface area contributed by atoms with Crippen LogP contribution in [0.15, 0.2) is 18.2 Å². The third-order valence-electron chi connectivity index (χ3n) is 5.64. The molecular weight excluding hydrogens is 244 g/mol. The highest BCUT2D eigenvalue weighted by Crippen LogP contribution is 2.40. The van der Waals surface area contributed by atoms with Gasteiger partial charge in [0, 0.05) is 19.1 Å². The molecule has 112 valence electrons. The van der Waals surface area contributed by atoms with Crippen molar-refractivity contribution in [1.29, 1.82) is 0 Å². The van der Waals surface area contributed by atoms with E-state index in [1.54, 1.807) is 0 Å². The number of hydrogen-bond donors (Lipinski definition) is 1. The van der Waals surface area contributed by atoms with Crippen LogP contribution in [0.2, 0.25) is 0 Å². The number of aryl methyl sites for hydroxylation is 1. The van der Waals surface area contributed by atoms with Gasteiger partial charge in [-0.1, -0.05) is 32.0 Å². The van der Waals surface area contributed by atoms with Gasteiger partial charge in [0.2, 0.25) is 0 Å². The molecule has 0 amide bonds. The summed E-state index contributed by atoms with van der Waals surface area (Å²) in [4.78, 5) is 2.62. The maximum Gasteiger partial charge on any atom is 0.0473 e. The zero-order valence-electron chi connectivity index (χ0n) is 13.6. The molecule has 0 aromatic heterocycles. The van der Waals surface area contributed by atoms with Crippen molar-refractivity contribution in [2.24, 2.45) is 11.1 Å². The summed E-state index contributed by atoms with van der Waals surface area (Å²) in [7, 11) is 0. The van der Waals surface area contributed by atoms with Crippen molar-refractivity contribution in [3.05, 3.63) is 34.9 Å². The van der Waals surface area contributed by atoms with E-state index in [0.29, 0.717) is 18.0 Å². The van der Waals surface area contributed by atoms with Gasteiger partial charge in [0.05, 0.1) is 0 Å². The van der Waals surface area contributed by atoms with Gasteiger partial charge in [-0.05, 0) is 61.8 Å². The second kappa shape index (κ2) is 6.28. The summed E-state index contributed by atoms with van der Waals surface area (Å²) in [5.41, 5.74) is 10.9. The monoisotopic (exact) mass is 274 g/mol. The second-order valence-electron chi connectivity index (χ2n) is 6.47. The minimum Gasteiger partial charge on any atom is -0.329 e. The molecule has 1 aromatic rings. The fourth-order valence-electron chi connectivity index (χ4n) is 3.67. The largest absolute Gasteiger partial charge is 0.329 e. The van der Waals surface area contributed by atoms with Crippen molar-refractivity contribution in [2.75, 3.05) is 19.6 Å². The Bertz CT molecular complexity index is 449. The van der Waals surface area contributed by atoms with Crippen LogP contribution in [0.4, 0.5) is 0 Å². The Kier molecular flexibility index (Phi) is 4.87. The Labute approximate surface area is 124 Å². The lowest BCUT2D eigenvalue weighted by atomic mass is 9.82. The summed E-state index contributed by atoms with van der Waals surface area (Å²) in [6.07, 6.45) is 3.88. The Morgan fingerprint density at radius 3 is 2.50 bits per heavy atom. The highest BCUT2D eigenvalue weighted by atomic mass is 15.2. The molecule has 1 atom stereocenters.